The molecular weight excluding hydrogens is 309 g/mol. The van der Waals surface area contributed by atoms with E-state index in [0.717, 1.165) is 6.20 Å². The predicted octanol–water partition coefficient (Wildman–Crippen LogP) is 1.97. The van der Waals surface area contributed by atoms with Gasteiger partial charge in [0.25, 0.3) is 0 Å². The van der Waals surface area contributed by atoms with E-state index in [4.69, 9.17) is 17.3 Å². The molecule has 0 fully saturated rings. The molecule has 1 heterocycles. The maximum atomic E-state index is 13.4. The first-order valence-corrected chi connectivity index (χ1v) is 6.64. The van der Waals surface area contributed by atoms with Crippen molar-refractivity contribution in [2.24, 2.45) is 11.7 Å². The molecule has 0 aromatic carbocycles. The van der Waals surface area contributed by atoms with Crippen molar-refractivity contribution in [3.63, 3.8) is 0 Å². The number of fused-ring (bicyclic) bond motifs is 1. The number of hydrogen-bond acceptors (Lipinski definition) is 4. The molecule has 2 rings (SSSR count). The zero-order valence-electron chi connectivity index (χ0n) is 11.1. The second-order valence-electron chi connectivity index (χ2n) is 4.75. The van der Waals surface area contributed by atoms with Crippen LogP contribution in [0.15, 0.2) is 35.0 Å². The molecule has 4 nitrogen and oxygen atoms in total. The van der Waals surface area contributed by atoms with Crippen LogP contribution < -0.4 is 11.1 Å². The molecule has 0 bridgehead atoms. The highest BCUT2D eigenvalue weighted by atomic mass is 35.5. The molecule has 0 saturated heterocycles. The maximum Gasteiger partial charge on any atom is 0.421 e. The Balaban J connectivity index is 2.40. The third-order valence-electron chi connectivity index (χ3n) is 3.48. The van der Waals surface area contributed by atoms with Crippen molar-refractivity contribution in [2.75, 3.05) is 6.61 Å². The van der Waals surface area contributed by atoms with Gasteiger partial charge in [0.05, 0.1) is 12.6 Å². The SMILES string of the molecule is CCOC(=O)C(N)(C1=CNC2C=C(Cl)C=CC12)C(F)(F)F. The first-order valence-electron chi connectivity index (χ1n) is 6.26. The minimum atomic E-state index is -4.97. The molecule has 21 heavy (non-hydrogen) atoms. The van der Waals surface area contributed by atoms with Crippen molar-refractivity contribution >= 4 is 17.6 Å². The van der Waals surface area contributed by atoms with Gasteiger partial charge in [-0.05, 0) is 30.8 Å². The maximum absolute atomic E-state index is 13.4. The first-order chi connectivity index (χ1) is 9.71. The number of ether oxygens (including phenoxy) is 1. The molecule has 116 valence electrons. The summed E-state index contributed by atoms with van der Waals surface area (Å²) in [4.78, 5) is 11.8. The number of rotatable bonds is 3. The molecule has 0 spiro atoms. The number of esters is 1. The van der Waals surface area contributed by atoms with Crippen molar-refractivity contribution in [3.8, 4) is 0 Å². The Morgan fingerprint density at radius 2 is 2.19 bits per heavy atom. The number of hydrogen-bond donors (Lipinski definition) is 2. The average molecular weight is 323 g/mol. The van der Waals surface area contributed by atoms with E-state index >= 15 is 0 Å². The number of halogens is 4. The molecule has 3 unspecified atom stereocenters. The molecule has 3 atom stereocenters. The van der Waals surface area contributed by atoms with Crippen molar-refractivity contribution in [3.05, 3.63) is 35.0 Å². The van der Waals surface area contributed by atoms with Gasteiger partial charge in [0.1, 0.15) is 0 Å². The Kier molecular flexibility index (Phi) is 4.08. The molecule has 0 aromatic rings. The van der Waals surface area contributed by atoms with E-state index in [9.17, 15) is 18.0 Å². The summed E-state index contributed by atoms with van der Waals surface area (Å²) >= 11 is 5.81. The minimum absolute atomic E-state index is 0.190. The fourth-order valence-corrected chi connectivity index (χ4v) is 2.60. The fourth-order valence-electron chi connectivity index (χ4n) is 2.40. The molecule has 8 heteroatoms. The summed E-state index contributed by atoms with van der Waals surface area (Å²) in [5.41, 5.74) is 1.99. The van der Waals surface area contributed by atoms with Gasteiger partial charge in [-0.1, -0.05) is 17.7 Å². The van der Waals surface area contributed by atoms with Crippen molar-refractivity contribution in [2.45, 2.75) is 24.7 Å². The van der Waals surface area contributed by atoms with Gasteiger partial charge < -0.3 is 15.8 Å². The summed E-state index contributed by atoms with van der Waals surface area (Å²) in [5.74, 6) is -2.22. The number of allylic oxidation sites excluding steroid dienone is 2. The van der Waals surface area contributed by atoms with Gasteiger partial charge in [-0.25, -0.2) is 4.79 Å². The molecule has 1 aliphatic heterocycles. The topological polar surface area (TPSA) is 64.3 Å². The fraction of sp³-hybridized carbons (Fsp3) is 0.462. The lowest BCUT2D eigenvalue weighted by Gasteiger charge is -2.33. The van der Waals surface area contributed by atoms with E-state index in [0.29, 0.717) is 5.03 Å². The number of carbonyl (C=O) groups is 1. The van der Waals surface area contributed by atoms with Crippen LogP contribution in [0.25, 0.3) is 0 Å². The minimum Gasteiger partial charge on any atom is -0.464 e. The molecule has 1 aliphatic carbocycles. The third-order valence-corrected chi connectivity index (χ3v) is 3.73. The molecule has 3 N–H and O–H groups in total. The van der Waals surface area contributed by atoms with Crippen LogP contribution in [-0.2, 0) is 9.53 Å². The number of carbonyl (C=O) groups excluding carboxylic acids is 1. The standard InChI is InChI=1S/C13H14ClF3N2O2/c1-2-21-11(20)12(18,13(15,16)17)9-6-19-10-5-7(14)3-4-8(9)10/h3-6,8,10,19H,2,18H2,1H3. The number of alkyl halides is 3. The monoisotopic (exact) mass is 322 g/mol. The number of nitrogens with one attached hydrogen (secondary N) is 1. The van der Waals surface area contributed by atoms with Crippen LogP contribution in [0.1, 0.15) is 6.92 Å². The van der Waals surface area contributed by atoms with Gasteiger partial charge in [-0.15, -0.1) is 0 Å². The second kappa shape index (κ2) is 5.38. The summed E-state index contributed by atoms with van der Waals surface area (Å²) in [6.07, 6.45) is 0.686. The molecule has 0 saturated carbocycles. The van der Waals surface area contributed by atoms with Gasteiger partial charge in [0.15, 0.2) is 0 Å². The van der Waals surface area contributed by atoms with Crippen molar-refractivity contribution in [1.82, 2.24) is 5.32 Å². The average Bonchev–Trinajstić information content (AvgIpc) is 2.79. The van der Waals surface area contributed by atoms with E-state index in [2.05, 4.69) is 10.1 Å². The van der Waals surface area contributed by atoms with Crippen LogP contribution in [0.2, 0.25) is 0 Å². The van der Waals surface area contributed by atoms with Crippen molar-refractivity contribution < 1.29 is 22.7 Å². The third kappa shape index (κ3) is 2.55. The summed E-state index contributed by atoms with van der Waals surface area (Å²) in [7, 11) is 0. The highest BCUT2D eigenvalue weighted by molar-refractivity contribution is 6.31. The normalized spacial score (nSPS) is 27.1. The first kappa shape index (κ1) is 15.9. The van der Waals surface area contributed by atoms with E-state index in [1.807, 2.05) is 0 Å². The Morgan fingerprint density at radius 1 is 1.52 bits per heavy atom. The van der Waals surface area contributed by atoms with E-state index < -0.39 is 29.6 Å². The highest BCUT2D eigenvalue weighted by Crippen LogP contribution is 2.43. The van der Waals surface area contributed by atoms with Crippen LogP contribution in [0, 0.1) is 5.92 Å². The van der Waals surface area contributed by atoms with E-state index in [1.165, 1.54) is 19.1 Å². The molecule has 0 amide bonds. The highest BCUT2D eigenvalue weighted by Gasteiger charge is 2.63. The Bertz CT molecular complexity index is 542. The molecule has 2 aliphatic rings. The Labute approximate surface area is 124 Å². The molecular formula is C13H14ClF3N2O2. The van der Waals surface area contributed by atoms with E-state index in [1.54, 1.807) is 6.08 Å². The van der Waals surface area contributed by atoms with Crippen molar-refractivity contribution in [1.29, 1.82) is 0 Å². The lowest BCUT2D eigenvalue weighted by Crippen LogP contribution is -2.62. The zero-order valence-corrected chi connectivity index (χ0v) is 11.8. The quantitative estimate of drug-likeness (QED) is 0.780. The van der Waals surface area contributed by atoms with Gasteiger partial charge >= 0.3 is 12.1 Å². The summed E-state index contributed by atoms with van der Waals surface area (Å²) in [6.45, 7) is 1.23. The lowest BCUT2D eigenvalue weighted by molar-refractivity contribution is -0.198. The molecule has 0 aromatic heterocycles. The summed E-state index contributed by atoms with van der Waals surface area (Å²) in [5, 5.41) is 3.16. The predicted molar refractivity (Wildman–Crippen MR) is 71.2 cm³/mol. The molecule has 0 radical (unpaired) electrons. The van der Waals surface area contributed by atoms with Crippen LogP contribution in [0.3, 0.4) is 0 Å². The van der Waals surface area contributed by atoms with Crippen LogP contribution in [0.5, 0.6) is 0 Å². The Hall–Kier alpha value is -1.47. The lowest BCUT2D eigenvalue weighted by atomic mass is 9.79. The summed E-state index contributed by atoms with van der Waals surface area (Å²) < 4.78 is 44.7. The van der Waals surface area contributed by atoms with Crippen LogP contribution in [0.4, 0.5) is 13.2 Å². The Morgan fingerprint density at radius 3 is 2.76 bits per heavy atom. The van der Waals surface area contributed by atoms with Gasteiger partial charge in [-0.3, -0.25) is 0 Å². The number of nitrogens with two attached hydrogens (primary N) is 1. The zero-order chi connectivity index (χ0) is 15.8. The summed E-state index contributed by atoms with van der Waals surface area (Å²) in [6, 6.07) is -0.461. The van der Waals surface area contributed by atoms with Crippen LogP contribution >= 0.6 is 11.6 Å². The second-order valence-corrected chi connectivity index (χ2v) is 5.19. The van der Waals surface area contributed by atoms with Gasteiger partial charge in [-0.2, -0.15) is 13.2 Å². The smallest absolute Gasteiger partial charge is 0.421 e. The largest absolute Gasteiger partial charge is 0.464 e. The van der Waals surface area contributed by atoms with E-state index in [-0.39, 0.29) is 12.2 Å². The van der Waals surface area contributed by atoms with Gasteiger partial charge in [0, 0.05) is 11.0 Å². The van der Waals surface area contributed by atoms with Crippen LogP contribution in [-0.4, -0.2) is 30.3 Å². The van der Waals surface area contributed by atoms with Gasteiger partial charge in [0.2, 0.25) is 5.54 Å².